The zero-order valence-electron chi connectivity index (χ0n) is 8.25. The van der Waals surface area contributed by atoms with Crippen molar-refractivity contribution < 1.29 is 8.42 Å². The minimum atomic E-state index is -2.78. The molecule has 0 radical (unpaired) electrons. The van der Waals surface area contributed by atoms with E-state index in [1.807, 2.05) is 0 Å². The maximum Gasteiger partial charge on any atom is 0.148 e. The van der Waals surface area contributed by atoms with Crippen molar-refractivity contribution in [3.05, 3.63) is 0 Å². The Labute approximate surface area is 80.8 Å². The smallest absolute Gasteiger partial charge is 0.148 e. The molecule has 13 heavy (non-hydrogen) atoms. The van der Waals surface area contributed by atoms with Crippen molar-refractivity contribution in [2.75, 3.05) is 25.1 Å². The summed E-state index contributed by atoms with van der Waals surface area (Å²) in [5.74, 6) is 1.17. The molecular formula is C9H19NO2S. The van der Waals surface area contributed by atoms with E-state index in [0.29, 0.717) is 6.54 Å². The molecule has 1 aliphatic carbocycles. The summed E-state index contributed by atoms with van der Waals surface area (Å²) in [7, 11) is -2.78. The lowest BCUT2D eigenvalue weighted by Gasteiger charge is -2.25. The van der Waals surface area contributed by atoms with Crippen LogP contribution in [0, 0.1) is 5.92 Å². The van der Waals surface area contributed by atoms with E-state index in [4.69, 9.17) is 0 Å². The number of sulfone groups is 1. The van der Waals surface area contributed by atoms with Gasteiger partial charge in [0.1, 0.15) is 9.84 Å². The summed E-state index contributed by atoms with van der Waals surface area (Å²) in [6.45, 7) is 1.58. The highest BCUT2D eigenvalue weighted by atomic mass is 32.2. The molecule has 0 saturated heterocycles. The van der Waals surface area contributed by atoms with E-state index in [2.05, 4.69) is 5.32 Å². The molecule has 1 N–H and O–H groups in total. The second-order valence-corrected chi connectivity index (χ2v) is 6.23. The van der Waals surface area contributed by atoms with E-state index < -0.39 is 9.84 Å². The standard InChI is InChI=1S/C9H19NO2S/c1-13(11,12)8-7-10-6-5-9-3-2-4-9/h9-10H,2-8H2,1H3. The molecule has 0 aromatic carbocycles. The second-order valence-electron chi connectivity index (χ2n) is 3.97. The fraction of sp³-hybridized carbons (Fsp3) is 1.00. The summed E-state index contributed by atoms with van der Waals surface area (Å²) < 4.78 is 21.5. The molecule has 4 heteroatoms. The Morgan fingerprint density at radius 1 is 1.31 bits per heavy atom. The lowest BCUT2D eigenvalue weighted by Crippen LogP contribution is -2.26. The fourth-order valence-electron chi connectivity index (χ4n) is 1.47. The Morgan fingerprint density at radius 3 is 2.46 bits per heavy atom. The maximum atomic E-state index is 10.8. The summed E-state index contributed by atoms with van der Waals surface area (Å²) in [4.78, 5) is 0. The van der Waals surface area contributed by atoms with Crippen LogP contribution in [0.15, 0.2) is 0 Å². The van der Waals surface area contributed by atoms with Crippen molar-refractivity contribution in [2.24, 2.45) is 5.92 Å². The Kier molecular flexibility index (Phi) is 4.19. The SMILES string of the molecule is CS(=O)(=O)CCNCCC1CCC1. The van der Waals surface area contributed by atoms with Gasteiger partial charge in [0, 0.05) is 12.8 Å². The first-order chi connectivity index (χ1) is 6.08. The molecule has 1 rings (SSSR count). The van der Waals surface area contributed by atoms with E-state index in [1.54, 1.807) is 0 Å². The molecular weight excluding hydrogens is 186 g/mol. The van der Waals surface area contributed by atoms with Gasteiger partial charge in [-0.05, 0) is 18.9 Å². The van der Waals surface area contributed by atoms with Crippen LogP contribution in [-0.2, 0) is 9.84 Å². The highest BCUT2D eigenvalue weighted by Gasteiger charge is 2.16. The summed E-state index contributed by atoms with van der Waals surface area (Å²) in [5, 5.41) is 3.16. The molecule has 0 amide bonds. The molecule has 3 nitrogen and oxygen atoms in total. The van der Waals surface area contributed by atoms with Crippen molar-refractivity contribution >= 4 is 9.84 Å². The van der Waals surface area contributed by atoms with Crippen LogP contribution in [0.3, 0.4) is 0 Å². The molecule has 1 aliphatic rings. The van der Waals surface area contributed by atoms with Gasteiger partial charge >= 0.3 is 0 Å². The van der Waals surface area contributed by atoms with E-state index >= 15 is 0 Å². The summed E-state index contributed by atoms with van der Waals surface area (Å²) in [5.41, 5.74) is 0. The van der Waals surface area contributed by atoms with E-state index in [-0.39, 0.29) is 5.75 Å². The van der Waals surface area contributed by atoms with Crippen LogP contribution in [0.1, 0.15) is 25.7 Å². The second kappa shape index (κ2) is 4.96. The Balaban J connectivity index is 1.89. The lowest BCUT2D eigenvalue weighted by atomic mass is 9.83. The molecule has 0 bridgehead atoms. The van der Waals surface area contributed by atoms with Gasteiger partial charge in [0.25, 0.3) is 0 Å². The van der Waals surface area contributed by atoms with Crippen LogP contribution in [-0.4, -0.2) is 33.5 Å². The molecule has 0 atom stereocenters. The van der Waals surface area contributed by atoms with Gasteiger partial charge in [0.05, 0.1) is 5.75 Å². The van der Waals surface area contributed by atoms with Gasteiger partial charge in [0.15, 0.2) is 0 Å². The van der Waals surface area contributed by atoms with Gasteiger partial charge in [-0.1, -0.05) is 19.3 Å². The number of hydrogen-bond acceptors (Lipinski definition) is 3. The third-order valence-corrected chi connectivity index (χ3v) is 3.55. The Bertz CT molecular complexity index is 232. The first kappa shape index (κ1) is 11.0. The van der Waals surface area contributed by atoms with E-state index in [0.717, 1.165) is 12.5 Å². The molecule has 0 aliphatic heterocycles. The zero-order chi connectivity index (χ0) is 9.73. The molecule has 0 spiro atoms. The average molecular weight is 205 g/mol. The van der Waals surface area contributed by atoms with Gasteiger partial charge < -0.3 is 5.32 Å². The van der Waals surface area contributed by atoms with Crippen LogP contribution >= 0.6 is 0 Å². The van der Waals surface area contributed by atoms with Crippen LogP contribution in [0.5, 0.6) is 0 Å². The molecule has 1 fully saturated rings. The van der Waals surface area contributed by atoms with Crippen LogP contribution < -0.4 is 5.32 Å². The van der Waals surface area contributed by atoms with Crippen molar-refractivity contribution in [3.8, 4) is 0 Å². The van der Waals surface area contributed by atoms with Gasteiger partial charge in [-0.15, -0.1) is 0 Å². The van der Waals surface area contributed by atoms with Crippen molar-refractivity contribution in [1.29, 1.82) is 0 Å². The third-order valence-electron chi connectivity index (χ3n) is 2.60. The van der Waals surface area contributed by atoms with Crippen LogP contribution in [0.2, 0.25) is 0 Å². The van der Waals surface area contributed by atoms with Crippen LogP contribution in [0.4, 0.5) is 0 Å². The van der Waals surface area contributed by atoms with Gasteiger partial charge in [0.2, 0.25) is 0 Å². The Hall–Kier alpha value is -0.0900. The van der Waals surface area contributed by atoms with Crippen molar-refractivity contribution in [1.82, 2.24) is 5.32 Å². The number of hydrogen-bond donors (Lipinski definition) is 1. The normalized spacial score (nSPS) is 18.5. The van der Waals surface area contributed by atoms with Crippen molar-refractivity contribution in [3.63, 3.8) is 0 Å². The fourth-order valence-corrected chi connectivity index (χ4v) is 1.99. The number of rotatable bonds is 6. The minimum Gasteiger partial charge on any atom is -0.316 e. The quantitative estimate of drug-likeness (QED) is 0.653. The first-order valence-electron chi connectivity index (χ1n) is 4.96. The van der Waals surface area contributed by atoms with E-state index in [9.17, 15) is 8.42 Å². The molecule has 1 saturated carbocycles. The predicted molar refractivity (Wildman–Crippen MR) is 54.5 cm³/mol. The summed E-state index contributed by atoms with van der Waals surface area (Å²) in [6.07, 6.45) is 6.61. The highest BCUT2D eigenvalue weighted by Crippen LogP contribution is 2.28. The number of nitrogens with one attached hydrogen (secondary N) is 1. The molecule has 0 unspecified atom stereocenters. The van der Waals surface area contributed by atoms with Crippen molar-refractivity contribution in [2.45, 2.75) is 25.7 Å². The predicted octanol–water partition coefficient (Wildman–Crippen LogP) is 0.811. The largest absolute Gasteiger partial charge is 0.316 e. The van der Waals surface area contributed by atoms with Gasteiger partial charge in [-0.25, -0.2) is 8.42 Å². The molecule has 0 aromatic heterocycles. The molecule has 0 heterocycles. The van der Waals surface area contributed by atoms with Crippen LogP contribution in [0.25, 0.3) is 0 Å². The van der Waals surface area contributed by atoms with Gasteiger partial charge in [-0.3, -0.25) is 0 Å². The third kappa shape index (κ3) is 5.26. The molecule has 0 aromatic rings. The zero-order valence-corrected chi connectivity index (χ0v) is 9.07. The maximum absolute atomic E-state index is 10.8. The monoisotopic (exact) mass is 205 g/mol. The summed E-state index contributed by atoms with van der Waals surface area (Å²) >= 11 is 0. The lowest BCUT2D eigenvalue weighted by molar-refractivity contribution is 0.293. The highest BCUT2D eigenvalue weighted by molar-refractivity contribution is 7.90. The first-order valence-corrected chi connectivity index (χ1v) is 7.02. The topological polar surface area (TPSA) is 46.2 Å². The Morgan fingerprint density at radius 2 is 2.00 bits per heavy atom. The van der Waals surface area contributed by atoms with Gasteiger partial charge in [-0.2, -0.15) is 0 Å². The van der Waals surface area contributed by atoms with E-state index in [1.165, 1.54) is 31.9 Å². The molecule has 78 valence electrons. The minimum absolute atomic E-state index is 0.262. The average Bonchev–Trinajstić information content (AvgIpc) is 1.90. The summed E-state index contributed by atoms with van der Waals surface area (Å²) in [6, 6.07) is 0.